The van der Waals surface area contributed by atoms with Gasteiger partial charge in [0.2, 0.25) is 0 Å². The minimum atomic E-state index is -0.419. The molecule has 0 amide bonds. The average Bonchev–Trinajstić information content (AvgIpc) is 2.45. The van der Waals surface area contributed by atoms with Crippen LogP contribution in [0.3, 0.4) is 0 Å². The van der Waals surface area contributed by atoms with Crippen LogP contribution in [0.25, 0.3) is 0 Å². The van der Waals surface area contributed by atoms with Gasteiger partial charge < -0.3 is 10.5 Å². The first kappa shape index (κ1) is 18.8. The molecule has 3 atom stereocenters. The molecule has 0 unspecified atom stereocenters. The number of carbonyl (C=O) groups excluding carboxylic acids is 1. The molecule has 0 bridgehead atoms. The van der Waals surface area contributed by atoms with Gasteiger partial charge in [-0.25, -0.2) is 0 Å². The van der Waals surface area contributed by atoms with E-state index in [0.717, 1.165) is 24.9 Å². The number of pyridine rings is 1. The lowest BCUT2D eigenvalue weighted by Crippen LogP contribution is -2.30. The zero-order valence-corrected chi connectivity index (χ0v) is 15.7. The molecule has 2 N–H and O–H groups in total. The van der Waals surface area contributed by atoms with Crippen LogP contribution >= 0.6 is 0 Å². The Hall–Kier alpha value is -1.58. The van der Waals surface area contributed by atoms with E-state index >= 15 is 0 Å². The first-order chi connectivity index (χ1) is 11.2. The van der Waals surface area contributed by atoms with Gasteiger partial charge in [0.25, 0.3) is 0 Å². The highest BCUT2D eigenvalue weighted by molar-refractivity contribution is 5.70. The van der Waals surface area contributed by atoms with Crippen molar-refractivity contribution in [2.75, 3.05) is 5.73 Å². The largest absolute Gasteiger partial charge is 0.460 e. The molecule has 0 aromatic carbocycles. The maximum absolute atomic E-state index is 12.3. The Morgan fingerprint density at radius 2 is 2.04 bits per heavy atom. The van der Waals surface area contributed by atoms with Crippen LogP contribution < -0.4 is 5.73 Å². The summed E-state index contributed by atoms with van der Waals surface area (Å²) in [6.07, 6.45) is 7.28. The second-order valence-electron chi connectivity index (χ2n) is 8.57. The fourth-order valence-electron chi connectivity index (χ4n) is 3.86. The maximum atomic E-state index is 12.3. The molecule has 134 valence electrons. The molecule has 4 nitrogen and oxygen atoms in total. The summed E-state index contributed by atoms with van der Waals surface area (Å²) in [5.41, 5.74) is 7.68. The van der Waals surface area contributed by atoms with Crippen molar-refractivity contribution in [3.8, 4) is 0 Å². The first-order valence-corrected chi connectivity index (χ1v) is 9.07. The van der Waals surface area contributed by atoms with Crippen molar-refractivity contribution in [2.45, 2.75) is 71.8 Å². The molecule has 0 radical (unpaired) electrons. The summed E-state index contributed by atoms with van der Waals surface area (Å²) in [5, 5.41) is 0. The topological polar surface area (TPSA) is 65.2 Å². The zero-order valence-electron chi connectivity index (χ0n) is 15.7. The van der Waals surface area contributed by atoms with E-state index in [9.17, 15) is 4.79 Å². The van der Waals surface area contributed by atoms with Crippen LogP contribution in [0.1, 0.15) is 71.8 Å². The van der Waals surface area contributed by atoms with Crippen LogP contribution in [0.2, 0.25) is 0 Å². The monoisotopic (exact) mass is 332 g/mol. The van der Waals surface area contributed by atoms with Crippen LogP contribution in [-0.4, -0.2) is 16.6 Å². The highest BCUT2D eigenvalue weighted by atomic mass is 16.6. The van der Waals surface area contributed by atoms with Crippen LogP contribution in [0.5, 0.6) is 0 Å². The van der Waals surface area contributed by atoms with Gasteiger partial charge in [0, 0.05) is 12.6 Å². The molecule has 2 rings (SSSR count). The van der Waals surface area contributed by atoms with E-state index < -0.39 is 5.60 Å². The van der Waals surface area contributed by atoms with Gasteiger partial charge in [-0.15, -0.1) is 0 Å². The van der Waals surface area contributed by atoms with Crippen molar-refractivity contribution in [1.82, 2.24) is 4.98 Å². The van der Waals surface area contributed by atoms with Crippen molar-refractivity contribution in [3.63, 3.8) is 0 Å². The smallest absolute Gasteiger partial charge is 0.306 e. The number of nitrogens with zero attached hydrogens (tertiary/aromatic N) is 1. The third kappa shape index (κ3) is 5.22. The number of ether oxygens (including phenoxy) is 1. The van der Waals surface area contributed by atoms with E-state index in [1.54, 1.807) is 6.20 Å². The molecule has 1 aliphatic carbocycles. The molecule has 1 aliphatic rings. The van der Waals surface area contributed by atoms with Crippen LogP contribution in [0.4, 0.5) is 5.69 Å². The molecule has 0 spiro atoms. The number of aromatic nitrogens is 1. The van der Waals surface area contributed by atoms with Gasteiger partial charge in [0.05, 0.1) is 11.9 Å². The quantitative estimate of drug-likeness (QED) is 0.821. The Morgan fingerprint density at radius 1 is 1.33 bits per heavy atom. The molecule has 24 heavy (non-hydrogen) atoms. The Kier molecular flexibility index (Phi) is 5.89. The molecule has 1 heterocycles. The predicted octanol–water partition coefficient (Wildman–Crippen LogP) is 4.55. The van der Waals surface area contributed by atoms with Gasteiger partial charge in [0.1, 0.15) is 5.60 Å². The highest BCUT2D eigenvalue weighted by Crippen LogP contribution is 2.44. The number of nitrogens with two attached hydrogens (primary N) is 1. The molecule has 0 aliphatic heterocycles. The van der Waals surface area contributed by atoms with Crippen molar-refractivity contribution in [3.05, 3.63) is 24.0 Å². The summed E-state index contributed by atoms with van der Waals surface area (Å²) >= 11 is 0. The fourth-order valence-corrected chi connectivity index (χ4v) is 3.86. The molecule has 0 saturated heterocycles. The van der Waals surface area contributed by atoms with Crippen molar-refractivity contribution in [1.29, 1.82) is 0 Å². The number of esters is 1. The standard InChI is InChI=1S/C20H32N2O2/c1-13(2)15-8-14(10-19(23)24-20(3,4)5)9-16(11-15)17-6-7-22-12-18(17)21/h6-7,12-16H,8-11,21H2,1-5H3/t14-,15+,16-/m0/s1. The summed E-state index contributed by atoms with van der Waals surface area (Å²) in [7, 11) is 0. The van der Waals surface area contributed by atoms with Gasteiger partial charge in [-0.2, -0.15) is 0 Å². The van der Waals surface area contributed by atoms with Crippen LogP contribution in [0.15, 0.2) is 18.5 Å². The van der Waals surface area contributed by atoms with Gasteiger partial charge >= 0.3 is 5.97 Å². The molecule has 4 heteroatoms. The van der Waals surface area contributed by atoms with Crippen molar-refractivity contribution < 1.29 is 9.53 Å². The lowest BCUT2D eigenvalue weighted by Gasteiger charge is -2.37. The first-order valence-electron chi connectivity index (χ1n) is 9.07. The van der Waals surface area contributed by atoms with Gasteiger partial charge in [-0.1, -0.05) is 13.8 Å². The van der Waals surface area contributed by atoms with Crippen molar-refractivity contribution in [2.24, 2.45) is 17.8 Å². The van der Waals surface area contributed by atoms with E-state index in [1.807, 2.05) is 33.0 Å². The number of anilines is 1. The summed E-state index contributed by atoms with van der Waals surface area (Å²) in [5.74, 6) is 1.90. The van der Waals surface area contributed by atoms with E-state index in [0.29, 0.717) is 30.1 Å². The summed E-state index contributed by atoms with van der Waals surface area (Å²) < 4.78 is 5.53. The summed E-state index contributed by atoms with van der Waals surface area (Å²) in [4.78, 5) is 16.4. The number of hydrogen-bond donors (Lipinski definition) is 1. The van der Waals surface area contributed by atoms with E-state index in [-0.39, 0.29) is 5.97 Å². The number of carbonyl (C=O) groups is 1. The second kappa shape index (κ2) is 7.54. The number of nitrogen functional groups attached to an aromatic ring is 1. The minimum Gasteiger partial charge on any atom is -0.460 e. The maximum Gasteiger partial charge on any atom is 0.306 e. The average molecular weight is 332 g/mol. The normalized spacial score (nSPS) is 24.8. The van der Waals surface area contributed by atoms with E-state index in [1.165, 1.54) is 5.56 Å². The summed E-state index contributed by atoms with van der Waals surface area (Å²) in [6.45, 7) is 10.3. The molecular formula is C20H32N2O2. The Labute approximate surface area is 146 Å². The molecule has 1 saturated carbocycles. The fraction of sp³-hybridized carbons (Fsp3) is 0.700. The van der Waals surface area contributed by atoms with E-state index in [2.05, 4.69) is 18.8 Å². The SMILES string of the molecule is CC(C)[C@@H]1C[C@H](CC(=O)OC(C)(C)C)C[C@H](c2ccncc2N)C1. The van der Waals surface area contributed by atoms with Gasteiger partial charge in [0.15, 0.2) is 0 Å². The number of rotatable bonds is 4. The van der Waals surface area contributed by atoms with Crippen LogP contribution in [-0.2, 0) is 9.53 Å². The lowest BCUT2D eigenvalue weighted by molar-refractivity contribution is -0.156. The Balaban J connectivity index is 2.11. The summed E-state index contributed by atoms with van der Waals surface area (Å²) in [6, 6.07) is 2.03. The molecule has 1 aromatic rings. The Bertz CT molecular complexity index is 563. The van der Waals surface area contributed by atoms with Gasteiger partial charge in [-0.3, -0.25) is 9.78 Å². The van der Waals surface area contributed by atoms with E-state index in [4.69, 9.17) is 10.5 Å². The highest BCUT2D eigenvalue weighted by Gasteiger charge is 2.33. The number of hydrogen-bond acceptors (Lipinski definition) is 4. The lowest BCUT2D eigenvalue weighted by atomic mass is 9.68. The second-order valence-corrected chi connectivity index (χ2v) is 8.57. The predicted molar refractivity (Wildman–Crippen MR) is 97.5 cm³/mol. The van der Waals surface area contributed by atoms with Crippen LogP contribution in [0, 0.1) is 17.8 Å². The van der Waals surface area contributed by atoms with Crippen molar-refractivity contribution >= 4 is 11.7 Å². The molecular weight excluding hydrogens is 300 g/mol. The third-order valence-electron chi connectivity index (χ3n) is 4.99. The Morgan fingerprint density at radius 3 is 2.62 bits per heavy atom. The van der Waals surface area contributed by atoms with Gasteiger partial charge in [-0.05, 0) is 75.3 Å². The third-order valence-corrected chi connectivity index (χ3v) is 4.99. The molecule has 1 aromatic heterocycles. The zero-order chi connectivity index (χ0) is 17.9. The minimum absolute atomic E-state index is 0.0849. The molecule has 1 fully saturated rings.